The van der Waals surface area contributed by atoms with E-state index in [1.165, 1.54) is 0 Å². The van der Waals surface area contributed by atoms with E-state index in [4.69, 9.17) is 27.9 Å². The lowest BCUT2D eigenvalue weighted by Crippen LogP contribution is -2.27. The highest BCUT2D eigenvalue weighted by Gasteiger charge is 2.23. The number of nitrogens with zero attached hydrogens (tertiary/aromatic N) is 2. The lowest BCUT2D eigenvalue weighted by molar-refractivity contribution is 0.0635. The first kappa shape index (κ1) is 21.9. The van der Waals surface area contributed by atoms with Gasteiger partial charge >= 0.3 is 6.09 Å². The van der Waals surface area contributed by atoms with Crippen LogP contribution in [0.2, 0.25) is 10.0 Å². The number of nitrogens with one attached hydrogen (secondary N) is 1. The van der Waals surface area contributed by atoms with Crippen molar-refractivity contribution in [2.45, 2.75) is 33.3 Å². The van der Waals surface area contributed by atoms with Gasteiger partial charge in [-0.1, -0.05) is 35.3 Å². The number of hydrogen-bond acceptors (Lipinski definition) is 3. The van der Waals surface area contributed by atoms with Gasteiger partial charge in [0.25, 0.3) is 0 Å². The smallest absolute Gasteiger partial charge is 0.413 e. The van der Waals surface area contributed by atoms with Gasteiger partial charge in [0, 0.05) is 19.7 Å². The molecule has 1 aromatic heterocycles. The Morgan fingerprint density at radius 1 is 1.14 bits per heavy atom. The number of halogens is 3. The molecule has 0 saturated heterocycles. The van der Waals surface area contributed by atoms with E-state index < -0.39 is 11.7 Å². The van der Waals surface area contributed by atoms with Crippen molar-refractivity contribution in [2.24, 2.45) is 0 Å². The van der Waals surface area contributed by atoms with Crippen LogP contribution in [0, 0.1) is 10.5 Å². The molecule has 1 amide bonds. The molecule has 29 heavy (non-hydrogen) atoms. The number of aromatic nitrogens is 2. The van der Waals surface area contributed by atoms with Gasteiger partial charge in [-0.05, 0) is 80.6 Å². The maximum atomic E-state index is 12.3. The highest BCUT2D eigenvalue weighted by molar-refractivity contribution is 14.1. The molecule has 0 aliphatic rings. The highest BCUT2D eigenvalue weighted by atomic mass is 127. The van der Waals surface area contributed by atoms with Crippen molar-refractivity contribution in [1.82, 2.24) is 9.78 Å². The Morgan fingerprint density at radius 2 is 1.79 bits per heavy atom. The van der Waals surface area contributed by atoms with Crippen molar-refractivity contribution in [2.75, 3.05) is 5.32 Å². The summed E-state index contributed by atoms with van der Waals surface area (Å²) in [5.74, 6) is 0.402. The van der Waals surface area contributed by atoms with Gasteiger partial charge in [0.15, 0.2) is 5.82 Å². The topological polar surface area (TPSA) is 56.1 Å². The highest BCUT2D eigenvalue weighted by Crippen LogP contribution is 2.34. The second-order valence-electron chi connectivity index (χ2n) is 7.46. The Morgan fingerprint density at radius 3 is 2.38 bits per heavy atom. The fourth-order valence-corrected chi connectivity index (χ4v) is 3.85. The molecule has 0 radical (unpaired) electrons. The predicted molar refractivity (Wildman–Crippen MR) is 126 cm³/mol. The third-order valence-electron chi connectivity index (χ3n) is 4.00. The van der Waals surface area contributed by atoms with Crippen LogP contribution in [-0.4, -0.2) is 21.5 Å². The summed E-state index contributed by atoms with van der Waals surface area (Å²) in [7, 11) is 0. The number of benzene rings is 2. The number of hydrogen-bond donors (Lipinski definition) is 1. The van der Waals surface area contributed by atoms with Crippen LogP contribution in [0.1, 0.15) is 26.3 Å². The Hall–Kier alpha value is -1.77. The zero-order chi connectivity index (χ0) is 21.3. The fraction of sp³-hybridized carbons (Fsp3) is 0.238. The molecule has 0 aliphatic carbocycles. The summed E-state index contributed by atoms with van der Waals surface area (Å²) in [4.78, 5) is 12.3. The summed E-state index contributed by atoms with van der Waals surface area (Å²) < 4.78 is 8.11. The van der Waals surface area contributed by atoms with Crippen LogP contribution in [0.5, 0.6) is 0 Å². The van der Waals surface area contributed by atoms with E-state index in [0.717, 1.165) is 20.4 Å². The van der Waals surface area contributed by atoms with Gasteiger partial charge in [-0.2, -0.15) is 0 Å². The van der Waals surface area contributed by atoms with Crippen LogP contribution in [0.25, 0.3) is 16.9 Å². The molecule has 0 spiro atoms. The van der Waals surface area contributed by atoms with E-state index in [1.807, 2.05) is 70.2 Å². The van der Waals surface area contributed by atoms with Gasteiger partial charge in [-0.15, -0.1) is 5.10 Å². The molecule has 8 heteroatoms. The Bertz CT molecular complexity index is 1060. The summed E-state index contributed by atoms with van der Waals surface area (Å²) in [5, 5.41) is 8.56. The summed E-state index contributed by atoms with van der Waals surface area (Å²) in [6, 6.07) is 13.1. The summed E-state index contributed by atoms with van der Waals surface area (Å²) in [5.41, 5.74) is 2.58. The second-order valence-corrected chi connectivity index (χ2v) is 9.55. The molecule has 0 aliphatic heterocycles. The van der Waals surface area contributed by atoms with Gasteiger partial charge in [-0.25, -0.2) is 9.48 Å². The van der Waals surface area contributed by atoms with Crippen molar-refractivity contribution >= 4 is 57.7 Å². The van der Waals surface area contributed by atoms with E-state index in [9.17, 15) is 4.79 Å². The van der Waals surface area contributed by atoms with Crippen molar-refractivity contribution in [3.8, 4) is 16.9 Å². The van der Waals surface area contributed by atoms with E-state index in [0.29, 0.717) is 21.6 Å². The molecule has 0 unspecified atom stereocenters. The van der Waals surface area contributed by atoms with E-state index in [2.05, 4.69) is 33.0 Å². The minimum absolute atomic E-state index is 0.402. The molecule has 0 bridgehead atoms. The number of carbonyl (C=O) groups is 1. The Kier molecular flexibility index (Phi) is 6.45. The maximum Gasteiger partial charge on any atom is 0.413 e. The largest absolute Gasteiger partial charge is 0.444 e. The lowest BCUT2D eigenvalue weighted by Gasteiger charge is -2.19. The van der Waals surface area contributed by atoms with Gasteiger partial charge in [0.2, 0.25) is 0 Å². The number of ether oxygens (including phenoxy) is 1. The molecule has 0 atom stereocenters. The first-order valence-corrected chi connectivity index (χ1v) is 10.7. The van der Waals surface area contributed by atoms with Gasteiger partial charge in [0.1, 0.15) is 5.60 Å². The maximum absolute atomic E-state index is 12.3. The summed E-state index contributed by atoms with van der Waals surface area (Å²) in [6.07, 6.45) is -0.568. The monoisotopic (exact) mass is 543 g/mol. The summed E-state index contributed by atoms with van der Waals surface area (Å²) >= 11 is 14.8. The lowest BCUT2D eigenvalue weighted by atomic mass is 10.1. The van der Waals surface area contributed by atoms with Crippen LogP contribution in [0.4, 0.5) is 10.6 Å². The normalized spacial score (nSPS) is 11.4. The van der Waals surface area contributed by atoms with Gasteiger partial charge < -0.3 is 4.74 Å². The van der Waals surface area contributed by atoms with E-state index in [-0.39, 0.29) is 0 Å². The second kappa shape index (κ2) is 8.53. The van der Waals surface area contributed by atoms with Gasteiger partial charge in [0.05, 0.1) is 16.4 Å². The summed E-state index contributed by atoms with van der Waals surface area (Å²) in [6.45, 7) is 7.31. The molecule has 5 nitrogen and oxygen atoms in total. The number of carbonyl (C=O) groups excluding carboxylic acids is 1. The average Bonchev–Trinajstić information content (AvgIpc) is 2.90. The minimum atomic E-state index is -0.612. The molecule has 152 valence electrons. The number of anilines is 1. The Labute approximate surface area is 193 Å². The van der Waals surface area contributed by atoms with Crippen LogP contribution < -0.4 is 5.32 Å². The average molecular weight is 544 g/mol. The van der Waals surface area contributed by atoms with Crippen LogP contribution in [-0.2, 0) is 4.74 Å². The SMILES string of the molecule is Cc1c(NC(=O)OC(C)(C)C)nn(-c2ccc(I)cc2Cl)c1-c1ccc(Cl)cc1. The van der Waals surface area contributed by atoms with Crippen molar-refractivity contribution in [3.63, 3.8) is 0 Å². The zero-order valence-electron chi connectivity index (χ0n) is 16.4. The third-order valence-corrected chi connectivity index (χ3v) is 5.22. The molecular formula is C21H20Cl2IN3O2. The van der Waals surface area contributed by atoms with Crippen molar-refractivity contribution in [1.29, 1.82) is 0 Å². The molecule has 3 rings (SSSR count). The van der Waals surface area contributed by atoms with E-state index >= 15 is 0 Å². The number of amides is 1. The molecular weight excluding hydrogens is 524 g/mol. The van der Waals surface area contributed by atoms with Crippen LogP contribution in [0.3, 0.4) is 0 Å². The predicted octanol–water partition coefficient (Wildman–Crippen LogP) is 7.11. The van der Waals surface area contributed by atoms with Crippen molar-refractivity contribution < 1.29 is 9.53 Å². The molecule has 2 aromatic carbocycles. The first-order chi connectivity index (χ1) is 13.5. The van der Waals surface area contributed by atoms with E-state index in [1.54, 1.807) is 4.68 Å². The molecule has 0 saturated carbocycles. The minimum Gasteiger partial charge on any atom is -0.444 e. The van der Waals surface area contributed by atoms with Crippen LogP contribution >= 0.6 is 45.8 Å². The standard InChI is InChI=1S/C21H20Cl2IN3O2/c1-12-18(13-5-7-14(22)8-6-13)27(17-10-9-15(24)11-16(17)23)26-19(12)25-20(28)29-21(2,3)4/h5-11H,1-4H3,(H,25,26,28). The quantitative estimate of drug-likeness (QED) is 0.358. The zero-order valence-corrected chi connectivity index (χ0v) is 20.1. The van der Waals surface area contributed by atoms with Crippen LogP contribution in [0.15, 0.2) is 42.5 Å². The van der Waals surface area contributed by atoms with Crippen molar-refractivity contribution in [3.05, 3.63) is 61.6 Å². The number of rotatable bonds is 3. The molecule has 3 aromatic rings. The molecule has 1 heterocycles. The fourth-order valence-electron chi connectivity index (χ4n) is 2.79. The third kappa shape index (κ3) is 5.24. The van der Waals surface area contributed by atoms with Gasteiger partial charge in [-0.3, -0.25) is 5.32 Å². The first-order valence-electron chi connectivity index (χ1n) is 8.86. The molecule has 0 fully saturated rings. The Balaban J connectivity index is 2.13. The molecule has 1 N–H and O–H groups in total.